The van der Waals surface area contributed by atoms with Crippen LogP contribution in [0.3, 0.4) is 0 Å². The fourth-order valence-electron chi connectivity index (χ4n) is 3.25. The number of ether oxygens (including phenoxy) is 1. The lowest BCUT2D eigenvalue weighted by atomic mass is 10.1. The average molecular weight is 431 g/mol. The second kappa shape index (κ2) is 8.73. The lowest BCUT2D eigenvalue weighted by Crippen LogP contribution is -2.23. The zero-order valence-electron chi connectivity index (χ0n) is 16.9. The highest BCUT2D eigenvalue weighted by atomic mass is 32.1. The van der Waals surface area contributed by atoms with Gasteiger partial charge in [0.15, 0.2) is 6.73 Å². The van der Waals surface area contributed by atoms with E-state index in [1.807, 2.05) is 47.8 Å². The third kappa shape index (κ3) is 4.83. The van der Waals surface area contributed by atoms with Gasteiger partial charge in [-0.25, -0.2) is 9.67 Å². The maximum Gasteiger partial charge on any atom is 0.272 e. The van der Waals surface area contributed by atoms with Crippen LogP contribution in [0.15, 0.2) is 72.2 Å². The fraction of sp³-hybridized carbons (Fsp3) is 0.208. The Hall–Kier alpha value is -3.45. The van der Waals surface area contributed by atoms with Gasteiger partial charge in [-0.3, -0.25) is 4.79 Å². The van der Waals surface area contributed by atoms with Gasteiger partial charge in [0.25, 0.3) is 5.91 Å². The first-order valence-corrected chi connectivity index (χ1v) is 11.2. The molecule has 2 heterocycles. The molecule has 1 saturated carbocycles. The molecule has 0 aliphatic heterocycles. The lowest BCUT2D eigenvalue weighted by Gasteiger charge is -2.07. The van der Waals surface area contributed by atoms with E-state index in [0.717, 1.165) is 22.6 Å². The van der Waals surface area contributed by atoms with Crippen molar-refractivity contribution in [3.8, 4) is 16.9 Å². The van der Waals surface area contributed by atoms with Crippen molar-refractivity contribution in [3.63, 3.8) is 0 Å². The van der Waals surface area contributed by atoms with Gasteiger partial charge in [-0.1, -0.05) is 42.5 Å². The van der Waals surface area contributed by atoms with E-state index in [1.54, 1.807) is 28.3 Å². The second-order valence-electron chi connectivity index (χ2n) is 7.54. The third-order valence-electron chi connectivity index (χ3n) is 5.12. The highest BCUT2D eigenvalue weighted by Gasteiger charge is 2.26. The molecule has 0 spiro atoms. The molecule has 6 nitrogen and oxygen atoms in total. The number of carbonyl (C=O) groups excluding carboxylic acids is 1. The largest absolute Gasteiger partial charge is 0.471 e. The Labute approximate surface area is 184 Å². The van der Waals surface area contributed by atoms with Gasteiger partial charge in [0.1, 0.15) is 11.4 Å². The van der Waals surface area contributed by atoms with Gasteiger partial charge < -0.3 is 10.1 Å². The van der Waals surface area contributed by atoms with Crippen LogP contribution in [-0.2, 0) is 13.3 Å². The maximum atomic E-state index is 12.4. The molecule has 7 heteroatoms. The zero-order chi connectivity index (χ0) is 21.0. The summed E-state index contributed by atoms with van der Waals surface area (Å²) in [6.07, 6.45) is 4.20. The predicted octanol–water partition coefficient (Wildman–Crippen LogP) is 4.85. The van der Waals surface area contributed by atoms with Crippen LogP contribution in [0.4, 0.5) is 0 Å². The maximum absolute atomic E-state index is 12.4. The van der Waals surface area contributed by atoms with Crippen molar-refractivity contribution >= 4 is 17.2 Å². The molecule has 0 unspecified atom stereocenters. The number of hydrogen-bond donors (Lipinski definition) is 1. The van der Waals surface area contributed by atoms with E-state index in [1.165, 1.54) is 17.8 Å². The molecule has 0 atom stereocenters. The SMILES string of the molecule is O=C(NCc1csc(C2CC2)n1)c1ccn(COc2ccc(-c3ccccc3)cc2)n1. The highest BCUT2D eigenvalue weighted by molar-refractivity contribution is 7.09. The number of thiazole rings is 1. The second-order valence-corrected chi connectivity index (χ2v) is 8.43. The normalized spacial score (nSPS) is 13.2. The van der Waals surface area contributed by atoms with E-state index >= 15 is 0 Å². The summed E-state index contributed by atoms with van der Waals surface area (Å²) in [5, 5.41) is 10.4. The summed E-state index contributed by atoms with van der Waals surface area (Å²) in [5.74, 6) is 1.17. The van der Waals surface area contributed by atoms with Crippen LogP contribution in [0, 0.1) is 0 Å². The number of rotatable bonds is 8. The molecule has 1 aliphatic carbocycles. The summed E-state index contributed by atoms with van der Waals surface area (Å²) in [6, 6.07) is 19.8. The summed E-state index contributed by atoms with van der Waals surface area (Å²) >= 11 is 1.68. The molecule has 0 radical (unpaired) electrons. The summed E-state index contributed by atoms with van der Waals surface area (Å²) in [5.41, 5.74) is 3.57. The van der Waals surface area contributed by atoms with E-state index in [0.29, 0.717) is 18.2 Å². The van der Waals surface area contributed by atoms with Crippen LogP contribution >= 0.6 is 11.3 Å². The number of carbonyl (C=O) groups is 1. The summed E-state index contributed by atoms with van der Waals surface area (Å²) < 4.78 is 7.40. The van der Waals surface area contributed by atoms with E-state index in [9.17, 15) is 4.79 Å². The Balaban J connectivity index is 1.12. The van der Waals surface area contributed by atoms with Gasteiger partial charge in [0, 0.05) is 17.5 Å². The minimum atomic E-state index is -0.216. The Bertz CT molecular complexity index is 1160. The molecule has 1 aliphatic rings. The van der Waals surface area contributed by atoms with Crippen LogP contribution in [0.25, 0.3) is 11.1 Å². The molecular weight excluding hydrogens is 408 g/mol. The number of amides is 1. The Kier molecular flexibility index (Phi) is 5.50. The Morgan fingerprint density at radius 1 is 1.06 bits per heavy atom. The van der Waals surface area contributed by atoms with Crippen molar-refractivity contribution < 1.29 is 9.53 Å². The molecule has 1 N–H and O–H groups in total. The van der Waals surface area contributed by atoms with Gasteiger partial charge in [-0.05, 0) is 42.2 Å². The quantitative estimate of drug-likeness (QED) is 0.434. The van der Waals surface area contributed by atoms with Crippen molar-refractivity contribution in [1.29, 1.82) is 0 Å². The van der Waals surface area contributed by atoms with E-state index in [-0.39, 0.29) is 12.6 Å². The molecule has 31 heavy (non-hydrogen) atoms. The standard InChI is InChI=1S/C24H22N4O2S/c29-23(25-14-20-15-31-24(26-20)19-6-7-19)22-12-13-28(27-22)16-30-21-10-8-18(9-11-21)17-4-2-1-3-5-17/h1-5,8-13,15,19H,6-7,14,16H2,(H,25,29). The smallest absolute Gasteiger partial charge is 0.272 e. The minimum Gasteiger partial charge on any atom is -0.471 e. The molecular formula is C24H22N4O2S. The molecule has 0 saturated heterocycles. The van der Waals surface area contributed by atoms with Crippen molar-refractivity contribution in [2.75, 3.05) is 0 Å². The number of nitrogens with one attached hydrogen (secondary N) is 1. The molecule has 1 amide bonds. The number of hydrogen-bond acceptors (Lipinski definition) is 5. The van der Waals surface area contributed by atoms with Crippen molar-refractivity contribution in [1.82, 2.24) is 20.1 Å². The summed E-state index contributed by atoms with van der Waals surface area (Å²) in [7, 11) is 0. The van der Waals surface area contributed by atoms with E-state index in [2.05, 4.69) is 27.5 Å². The van der Waals surface area contributed by atoms with Gasteiger partial charge in [-0.2, -0.15) is 5.10 Å². The van der Waals surface area contributed by atoms with Crippen LogP contribution < -0.4 is 10.1 Å². The zero-order valence-corrected chi connectivity index (χ0v) is 17.7. The van der Waals surface area contributed by atoms with Crippen LogP contribution in [0.5, 0.6) is 5.75 Å². The molecule has 1 fully saturated rings. The van der Waals surface area contributed by atoms with Gasteiger partial charge >= 0.3 is 0 Å². The molecule has 0 bridgehead atoms. The Morgan fingerprint density at radius 3 is 2.61 bits per heavy atom. The van der Waals surface area contributed by atoms with Gasteiger partial charge in [0.05, 0.1) is 17.2 Å². The first-order valence-electron chi connectivity index (χ1n) is 10.3. The lowest BCUT2D eigenvalue weighted by molar-refractivity contribution is 0.0943. The van der Waals surface area contributed by atoms with Gasteiger partial charge in [-0.15, -0.1) is 11.3 Å². The third-order valence-corrected chi connectivity index (χ3v) is 6.18. The number of aromatic nitrogens is 3. The predicted molar refractivity (Wildman–Crippen MR) is 120 cm³/mol. The van der Waals surface area contributed by atoms with Crippen LogP contribution in [0.2, 0.25) is 0 Å². The van der Waals surface area contributed by atoms with E-state index in [4.69, 9.17) is 4.74 Å². The highest BCUT2D eigenvalue weighted by Crippen LogP contribution is 2.41. The number of benzene rings is 2. The monoisotopic (exact) mass is 430 g/mol. The first kappa shape index (κ1) is 19.5. The minimum absolute atomic E-state index is 0.216. The Morgan fingerprint density at radius 2 is 1.84 bits per heavy atom. The summed E-state index contributed by atoms with van der Waals surface area (Å²) in [4.78, 5) is 17.0. The van der Waals surface area contributed by atoms with Crippen LogP contribution in [0.1, 0.15) is 39.9 Å². The molecule has 2 aromatic heterocycles. The van der Waals surface area contributed by atoms with E-state index < -0.39 is 0 Å². The molecule has 5 rings (SSSR count). The number of nitrogens with zero attached hydrogens (tertiary/aromatic N) is 3. The van der Waals surface area contributed by atoms with Crippen LogP contribution in [-0.4, -0.2) is 20.7 Å². The molecule has 4 aromatic rings. The summed E-state index contributed by atoms with van der Waals surface area (Å²) in [6.45, 7) is 0.647. The average Bonchev–Trinajstić information content (AvgIpc) is 3.37. The van der Waals surface area contributed by atoms with Gasteiger partial charge in [0.2, 0.25) is 0 Å². The van der Waals surface area contributed by atoms with Crippen molar-refractivity contribution in [2.45, 2.75) is 32.0 Å². The first-order chi connectivity index (χ1) is 15.2. The molecule has 156 valence electrons. The topological polar surface area (TPSA) is 69.0 Å². The molecule has 2 aromatic carbocycles. The fourth-order valence-corrected chi connectivity index (χ4v) is 4.24. The van der Waals surface area contributed by atoms with Crippen molar-refractivity contribution in [3.05, 3.63) is 88.6 Å². The van der Waals surface area contributed by atoms with Crippen molar-refractivity contribution in [2.24, 2.45) is 0 Å².